The van der Waals surface area contributed by atoms with E-state index in [1.54, 1.807) is 0 Å². The lowest BCUT2D eigenvalue weighted by molar-refractivity contribution is -0.960. The second kappa shape index (κ2) is 10.0. The summed E-state index contributed by atoms with van der Waals surface area (Å²) < 4.78 is 13.2. The molecule has 7 rings (SSSR count). The van der Waals surface area contributed by atoms with Crippen LogP contribution >= 0.6 is 0 Å². The molecule has 1 N–H and O–H groups in total. The number of ether oxygens (including phenoxy) is 1. The van der Waals surface area contributed by atoms with Crippen molar-refractivity contribution in [2.24, 2.45) is 17.8 Å². The van der Waals surface area contributed by atoms with E-state index in [0.717, 1.165) is 72.9 Å². The third kappa shape index (κ3) is 4.59. The van der Waals surface area contributed by atoms with Crippen LogP contribution in [-0.2, 0) is 12.1 Å². The van der Waals surface area contributed by atoms with Gasteiger partial charge in [-0.15, -0.1) is 0 Å². The van der Waals surface area contributed by atoms with E-state index in [1.165, 1.54) is 32.4 Å². The van der Waals surface area contributed by atoms with E-state index >= 15 is 0 Å². The van der Waals surface area contributed by atoms with Crippen molar-refractivity contribution in [3.05, 3.63) is 83.7 Å². The zero-order chi connectivity index (χ0) is 24.4. The van der Waals surface area contributed by atoms with Crippen LogP contribution in [0.15, 0.2) is 71.3 Å². The SMILES string of the molecule is OC(c1ccccc1)(c1cc(C[N+]23CCC(CC2)C(COc2ccccc2)C3)on1)C1CCCCC1. The molecule has 4 aliphatic rings. The van der Waals surface area contributed by atoms with Crippen molar-refractivity contribution in [2.45, 2.75) is 57.1 Å². The van der Waals surface area contributed by atoms with E-state index < -0.39 is 5.60 Å². The number of nitrogens with zero attached hydrogens (tertiary/aromatic N) is 2. The van der Waals surface area contributed by atoms with Gasteiger partial charge < -0.3 is 18.8 Å². The van der Waals surface area contributed by atoms with Crippen molar-refractivity contribution in [3.8, 4) is 5.75 Å². The highest BCUT2D eigenvalue weighted by atomic mass is 16.5. The minimum atomic E-state index is -1.09. The number of fused-ring (bicyclic) bond motifs is 3. The normalized spacial score (nSPS) is 28.0. The molecule has 5 nitrogen and oxygen atoms in total. The second-order valence-corrected chi connectivity index (χ2v) is 11.5. The minimum absolute atomic E-state index is 0.170. The van der Waals surface area contributed by atoms with Gasteiger partial charge in [-0.2, -0.15) is 0 Å². The van der Waals surface area contributed by atoms with Crippen LogP contribution in [0, 0.1) is 17.8 Å². The van der Waals surface area contributed by atoms with E-state index in [9.17, 15) is 5.11 Å². The molecule has 36 heavy (non-hydrogen) atoms. The van der Waals surface area contributed by atoms with Gasteiger partial charge in [0.15, 0.2) is 5.76 Å². The third-order valence-electron chi connectivity index (χ3n) is 9.29. The van der Waals surface area contributed by atoms with E-state index in [4.69, 9.17) is 9.26 Å². The molecule has 2 atom stereocenters. The fourth-order valence-electron chi connectivity index (χ4n) is 7.27. The van der Waals surface area contributed by atoms with Gasteiger partial charge in [0.25, 0.3) is 0 Å². The molecular formula is C31H39N2O3+. The van der Waals surface area contributed by atoms with Gasteiger partial charge in [0.2, 0.25) is 0 Å². The van der Waals surface area contributed by atoms with E-state index in [1.807, 2.05) is 60.7 Å². The average Bonchev–Trinajstić information content (AvgIpc) is 3.42. The van der Waals surface area contributed by atoms with Crippen LogP contribution in [0.5, 0.6) is 5.75 Å². The summed E-state index contributed by atoms with van der Waals surface area (Å²) in [7, 11) is 0. The Balaban J connectivity index is 1.20. The first-order valence-electron chi connectivity index (χ1n) is 13.9. The van der Waals surface area contributed by atoms with Gasteiger partial charge in [-0.05, 0) is 42.4 Å². The molecule has 3 saturated heterocycles. The van der Waals surface area contributed by atoms with Crippen LogP contribution in [0.2, 0.25) is 0 Å². The Hall–Kier alpha value is -2.63. The Labute approximate surface area is 214 Å². The third-order valence-corrected chi connectivity index (χ3v) is 9.29. The van der Waals surface area contributed by atoms with Crippen LogP contribution < -0.4 is 4.74 Å². The van der Waals surface area contributed by atoms with Gasteiger partial charge in [-0.3, -0.25) is 0 Å². The molecule has 0 spiro atoms. The number of hydrogen-bond donors (Lipinski definition) is 1. The van der Waals surface area contributed by atoms with Gasteiger partial charge in [0.1, 0.15) is 23.6 Å². The van der Waals surface area contributed by atoms with Gasteiger partial charge >= 0.3 is 0 Å². The monoisotopic (exact) mass is 487 g/mol. The predicted octanol–water partition coefficient (Wildman–Crippen LogP) is 5.93. The highest BCUT2D eigenvalue weighted by Crippen LogP contribution is 2.44. The Bertz CT molecular complexity index is 1120. The van der Waals surface area contributed by atoms with Crippen molar-refractivity contribution >= 4 is 0 Å². The van der Waals surface area contributed by atoms with Crippen molar-refractivity contribution < 1.29 is 18.8 Å². The van der Waals surface area contributed by atoms with Crippen LogP contribution in [0.3, 0.4) is 0 Å². The topological polar surface area (TPSA) is 55.5 Å². The Morgan fingerprint density at radius 2 is 1.61 bits per heavy atom. The zero-order valence-corrected chi connectivity index (χ0v) is 21.2. The Kier molecular flexibility index (Phi) is 6.61. The van der Waals surface area contributed by atoms with Crippen LogP contribution in [0.25, 0.3) is 0 Å². The first kappa shape index (κ1) is 23.7. The molecule has 3 aliphatic heterocycles. The van der Waals surface area contributed by atoms with Gasteiger partial charge in [-0.25, -0.2) is 0 Å². The Morgan fingerprint density at radius 3 is 2.33 bits per heavy atom. The van der Waals surface area contributed by atoms with Gasteiger partial charge in [0.05, 0.1) is 26.2 Å². The van der Waals surface area contributed by atoms with Crippen LogP contribution in [0.4, 0.5) is 0 Å². The molecule has 2 aromatic carbocycles. The molecule has 1 saturated carbocycles. The summed E-state index contributed by atoms with van der Waals surface area (Å²) in [5, 5.41) is 16.7. The summed E-state index contributed by atoms with van der Waals surface area (Å²) in [5.74, 6) is 3.36. The predicted molar refractivity (Wildman–Crippen MR) is 139 cm³/mol. The van der Waals surface area contributed by atoms with E-state index in [0.29, 0.717) is 11.6 Å². The largest absolute Gasteiger partial charge is 0.493 e. The molecule has 1 aromatic heterocycles. The van der Waals surface area contributed by atoms with Crippen molar-refractivity contribution in [1.29, 1.82) is 0 Å². The maximum Gasteiger partial charge on any atom is 0.191 e. The number of rotatable bonds is 8. The first-order valence-corrected chi connectivity index (χ1v) is 13.9. The maximum atomic E-state index is 12.2. The highest BCUT2D eigenvalue weighted by Gasteiger charge is 2.48. The fourth-order valence-corrected chi connectivity index (χ4v) is 7.27. The molecule has 3 aromatic rings. The van der Waals surface area contributed by atoms with Gasteiger partial charge in [0, 0.05) is 24.8 Å². The van der Waals surface area contributed by atoms with Crippen molar-refractivity contribution in [3.63, 3.8) is 0 Å². The van der Waals surface area contributed by atoms with E-state index in [-0.39, 0.29) is 5.92 Å². The summed E-state index contributed by atoms with van der Waals surface area (Å²) >= 11 is 0. The fraction of sp³-hybridized carbons (Fsp3) is 0.516. The summed E-state index contributed by atoms with van der Waals surface area (Å²) in [5.41, 5.74) is 0.523. The molecule has 4 fully saturated rings. The standard InChI is InChI=1S/C31H39N2O3/c34-31(26-10-4-1-5-11-26,27-12-6-2-7-13-27)30-20-29(36-32-30)22-33-18-16-24(17-19-33)25(21-33)23-35-28-14-8-3-9-15-28/h1,3-5,8-11,14-15,20,24-25,27,34H,2,6-7,12-13,16-19,21-23H2/q+1. The summed E-state index contributed by atoms with van der Waals surface area (Å²) in [4.78, 5) is 0. The maximum absolute atomic E-state index is 12.2. The number of aromatic nitrogens is 1. The molecule has 0 amide bonds. The molecule has 1 aliphatic carbocycles. The minimum Gasteiger partial charge on any atom is -0.493 e. The van der Waals surface area contributed by atoms with Crippen LogP contribution in [0.1, 0.15) is 62.0 Å². The smallest absolute Gasteiger partial charge is 0.191 e. The number of para-hydroxylation sites is 1. The summed E-state index contributed by atoms with van der Waals surface area (Å²) in [6.07, 6.45) is 8.13. The molecule has 190 valence electrons. The number of benzene rings is 2. The quantitative estimate of drug-likeness (QED) is 0.400. The van der Waals surface area contributed by atoms with Crippen molar-refractivity contribution in [1.82, 2.24) is 5.16 Å². The molecule has 0 radical (unpaired) electrons. The molecule has 4 heterocycles. The molecular weight excluding hydrogens is 448 g/mol. The summed E-state index contributed by atoms with van der Waals surface area (Å²) in [6.45, 7) is 5.13. The molecule has 5 heteroatoms. The van der Waals surface area contributed by atoms with Crippen molar-refractivity contribution in [2.75, 3.05) is 26.2 Å². The van der Waals surface area contributed by atoms with E-state index in [2.05, 4.69) is 11.2 Å². The number of aliphatic hydroxyl groups is 1. The second-order valence-electron chi connectivity index (χ2n) is 11.5. The number of hydrogen-bond acceptors (Lipinski definition) is 4. The lowest BCUT2D eigenvalue weighted by atomic mass is 9.71. The number of piperidine rings is 3. The molecule has 2 unspecified atom stereocenters. The van der Waals surface area contributed by atoms with Crippen LogP contribution in [-0.4, -0.2) is 41.0 Å². The zero-order valence-electron chi connectivity index (χ0n) is 21.2. The average molecular weight is 488 g/mol. The lowest BCUT2D eigenvalue weighted by Crippen LogP contribution is -2.62. The summed E-state index contributed by atoms with van der Waals surface area (Å²) in [6, 6.07) is 22.4. The van der Waals surface area contributed by atoms with Gasteiger partial charge in [-0.1, -0.05) is 73.0 Å². The lowest BCUT2D eigenvalue weighted by Gasteiger charge is -2.52. The molecule has 2 bridgehead atoms. The Morgan fingerprint density at radius 1 is 0.917 bits per heavy atom. The number of quaternary nitrogens is 1. The highest BCUT2D eigenvalue weighted by molar-refractivity contribution is 5.33. The first-order chi connectivity index (χ1) is 17.6.